The highest BCUT2D eigenvalue weighted by atomic mass is 19.3. The third-order valence-electron chi connectivity index (χ3n) is 3.78. The van der Waals surface area contributed by atoms with Gasteiger partial charge in [0.05, 0.1) is 6.04 Å². The quantitative estimate of drug-likeness (QED) is 0.749. The summed E-state index contributed by atoms with van der Waals surface area (Å²) in [6.45, 7) is -0.981. The highest BCUT2D eigenvalue weighted by Crippen LogP contribution is 2.18. The fraction of sp³-hybridized carbons (Fsp3) is 0.278. The molecule has 0 aromatic heterocycles. The molecule has 0 aliphatic rings. The number of ether oxygens (including phenoxy) is 1. The number of hydrogen-bond acceptors (Lipinski definition) is 3. The Morgan fingerprint density at radius 3 is 2.54 bits per heavy atom. The molecule has 2 aromatic rings. The lowest BCUT2D eigenvalue weighted by molar-refractivity contribution is -0.120. The minimum Gasteiger partial charge on any atom is -0.435 e. The van der Waals surface area contributed by atoms with Gasteiger partial charge in [-0.25, -0.2) is 8.78 Å². The lowest BCUT2D eigenvalue weighted by Crippen LogP contribution is -2.39. The second kappa shape index (κ2) is 8.66. The molecule has 4 nitrogen and oxygen atoms in total. The summed E-state index contributed by atoms with van der Waals surface area (Å²) in [5, 5.41) is 2.50. The third kappa shape index (κ3) is 5.45. The summed E-state index contributed by atoms with van der Waals surface area (Å²) in [6.07, 6.45) is 0. The Hall–Kier alpha value is -2.61. The number of carbonyl (C=O) groups is 1. The maximum Gasteiger partial charge on any atom is 0.387 e. The number of anilines is 1. The van der Waals surface area contributed by atoms with Gasteiger partial charge in [0.1, 0.15) is 5.75 Å². The lowest BCUT2D eigenvalue weighted by atomic mass is 10.1. The van der Waals surface area contributed by atoms with E-state index in [0.717, 1.165) is 12.1 Å². The fourth-order valence-corrected chi connectivity index (χ4v) is 2.27. The number of rotatable bonds is 7. The first-order valence-electron chi connectivity index (χ1n) is 7.76. The van der Waals surface area contributed by atoms with Gasteiger partial charge in [0.15, 0.2) is 11.6 Å². The molecule has 1 unspecified atom stereocenters. The highest BCUT2D eigenvalue weighted by molar-refractivity contribution is 5.94. The van der Waals surface area contributed by atoms with Crippen LogP contribution in [0.2, 0.25) is 0 Å². The van der Waals surface area contributed by atoms with Crippen LogP contribution in [0.25, 0.3) is 0 Å². The van der Waals surface area contributed by atoms with Crippen LogP contribution in [0, 0.1) is 11.6 Å². The minimum atomic E-state index is -2.91. The van der Waals surface area contributed by atoms with E-state index >= 15 is 0 Å². The number of amides is 1. The van der Waals surface area contributed by atoms with Crippen molar-refractivity contribution in [1.82, 2.24) is 4.90 Å². The van der Waals surface area contributed by atoms with E-state index in [1.807, 2.05) is 0 Å². The summed E-state index contributed by atoms with van der Waals surface area (Å²) in [4.78, 5) is 13.9. The van der Waals surface area contributed by atoms with Crippen molar-refractivity contribution in [2.24, 2.45) is 0 Å². The van der Waals surface area contributed by atoms with E-state index in [0.29, 0.717) is 12.1 Å². The Kier molecular flexibility index (Phi) is 6.57. The number of alkyl halides is 2. The monoisotopic (exact) mass is 370 g/mol. The molecule has 26 heavy (non-hydrogen) atoms. The van der Waals surface area contributed by atoms with Crippen LogP contribution in [0.4, 0.5) is 23.2 Å². The molecule has 140 valence electrons. The van der Waals surface area contributed by atoms with Crippen molar-refractivity contribution < 1.29 is 27.1 Å². The van der Waals surface area contributed by atoms with Crippen molar-refractivity contribution >= 4 is 11.6 Å². The minimum absolute atomic E-state index is 0.0322. The predicted molar refractivity (Wildman–Crippen MR) is 89.0 cm³/mol. The summed E-state index contributed by atoms with van der Waals surface area (Å²) >= 11 is 0. The first-order valence-corrected chi connectivity index (χ1v) is 7.76. The molecule has 1 amide bonds. The Morgan fingerprint density at radius 1 is 1.15 bits per heavy atom. The Balaban J connectivity index is 1.98. The number of nitrogens with zero attached hydrogens (tertiary/aromatic N) is 1. The highest BCUT2D eigenvalue weighted by Gasteiger charge is 2.19. The molecular weight excluding hydrogens is 352 g/mol. The van der Waals surface area contributed by atoms with Crippen molar-refractivity contribution in [3.05, 3.63) is 59.7 Å². The molecule has 2 aromatic carbocycles. The number of likely N-dealkylation sites (N-methyl/N-ethyl adjacent to an activating group) is 1. The van der Waals surface area contributed by atoms with Gasteiger partial charge in [0, 0.05) is 18.3 Å². The van der Waals surface area contributed by atoms with E-state index in [4.69, 9.17) is 0 Å². The number of carbonyl (C=O) groups excluding carboxylic acids is 1. The number of hydrogen-bond donors (Lipinski definition) is 1. The summed E-state index contributed by atoms with van der Waals surface area (Å²) < 4.78 is 55.0. The zero-order valence-corrected chi connectivity index (χ0v) is 14.2. The number of nitrogens with one attached hydrogen (secondary N) is 1. The van der Waals surface area contributed by atoms with Gasteiger partial charge in [0.2, 0.25) is 5.91 Å². The van der Waals surface area contributed by atoms with Crippen LogP contribution < -0.4 is 10.1 Å². The van der Waals surface area contributed by atoms with Crippen molar-refractivity contribution in [2.45, 2.75) is 26.1 Å². The van der Waals surface area contributed by atoms with Gasteiger partial charge >= 0.3 is 6.61 Å². The van der Waals surface area contributed by atoms with Crippen LogP contribution in [0.15, 0.2) is 42.5 Å². The zero-order valence-electron chi connectivity index (χ0n) is 14.2. The normalized spacial score (nSPS) is 12.3. The average Bonchev–Trinajstić information content (AvgIpc) is 2.57. The number of benzene rings is 2. The maximum atomic E-state index is 13.2. The Morgan fingerprint density at radius 2 is 1.88 bits per heavy atom. The van der Waals surface area contributed by atoms with E-state index < -0.39 is 30.2 Å². The summed E-state index contributed by atoms with van der Waals surface area (Å²) in [6, 6.07) is 8.63. The van der Waals surface area contributed by atoms with Crippen molar-refractivity contribution in [3.63, 3.8) is 0 Å². The van der Waals surface area contributed by atoms with E-state index in [1.54, 1.807) is 31.0 Å². The van der Waals surface area contributed by atoms with E-state index in [2.05, 4.69) is 10.1 Å². The molecular formula is C18H18F4N2O2. The Bertz CT molecular complexity index is 771. The molecule has 1 N–H and O–H groups in total. The van der Waals surface area contributed by atoms with Gasteiger partial charge < -0.3 is 10.1 Å². The fourth-order valence-electron chi connectivity index (χ4n) is 2.27. The average molecular weight is 370 g/mol. The molecule has 2 rings (SSSR count). The zero-order chi connectivity index (χ0) is 19.3. The van der Waals surface area contributed by atoms with Gasteiger partial charge in [0.25, 0.3) is 0 Å². The standard InChI is InChI=1S/C18H18F4N2O2/c1-11(17(25)23-13-6-7-15(19)16(20)9-13)24(2)10-12-4-3-5-14(8-12)26-18(21)22/h3-9,11,18H,10H2,1-2H3,(H,23,25). The molecule has 0 bridgehead atoms. The molecule has 0 aliphatic heterocycles. The van der Waals surface area contributed by atoms with Crippen molar-refractivity contribution in [2.75, 3.05) is 12.4 Å². The molecule has 0 radical (unpaired) electrons. The third-order valence-corrected chi connectivity index (χ3v) is 3.78. The van der Waals surface area contributed by atoms with Gasteiger partial charge in [-0.05, 0) is 43.8 Å². The van der Waals surface area contributed by atoms with Crippen LogP contribution in [0.1, 0.15) is 12.5 Å². The molecule has 8 heteroatoms. The maximum absolute atomic E-state index is 13.2. The molecule has 0 saturated heterocycles. The van der Waals surface area contributed by atoms with Gasteiger partial charge in [-0.2, -0.15) is 8.78 Å². The first-order chi connectivity index (χ1) is 12.3. The predicted octanol–water partition coefficient (Wildman–Crippen LogP) is 4.03. The van der Waals surface area contributed by atoms with E-state index in [1.165, 1.54) is 18.2 Å². The van der Waals surface area contributed by atoms with Crippen LogP contribution in [0.5, 0.6) is 5.75 Å². The largest absolute Gasteiger partial charge is 0.435 e. The summed E-state index contributed by atoms with van der Waals surface area (Å²) in [5.41, 5.74) is 0.819. The summed E-state index contributed by atoms with van der Waals surface area (Å²) in [5.74, 6) is -2.44. The molecule has 0 heterocycles. The Labute approximate surface area is 148 Å². The second-order valence-corrected chi connectivity index (χ2v) is 5.74. The molecule has 0 aliphatic carbocycles. The van der Waals surface area contributed by atoms with Crippen LogP contribution in [-0.2, 0) is 11.3 Å². The first kappa shape index (κ1) is 19.7. The smallest absolute Gasteiger partial charge is 0.387 e. The van der Waals surface area contributed by atoms with Gasteiger partial charge in [-0.15, -0.1) is 0 Å². The van der Waals surface area contributed by atoms with Crippen LogP contribution in [0.3, 0.4) is 0 Å². The summed E-state index contributed by atoms with van der Waals surface area (Å²) in [7, 11) is 1.68. The van der Waals surface area contributed by atoms with E-state index in [-0.39, 0.29) is 11.4 Å². The van der Waals surface area contributed by atoms with Gasteiger partial charge in [-0.3, -0.25) is 9.69 Å². The SMILES string of the molecule is CC(C(=O)Nc1ccc(F)c(F)c1)N(C)Cc1cccc(OC(F)F)c1. The van der Waals surface area contributed by atoms with Gasteiger partial charge in [-0.1, -0.05) is 12.1 Å². The topological polar surface area (TPSA) is 41.6 Å². The van der Waals surface area contributed by atoms with E-state index in [9.17, 15) is 22.4 Å². The van der Waals surface area contributed by atoms with Crippen LogP contribution in [-0.4, -0.2) is 30.5 Å². The lowest BCUT2D eigenvalue weighted by Gasteiger charge is -2.24. The molecule has 1 atom stereocenters. The van der Waals surface area contributed by atoms with Crippen molar-refractivity contribution in [1.29, 1.82) is 0 Å². The van der Waals surface area contributed by atoms with Crippen LogP contribution >= 0.6 is 0 Å². The molecule has 0 saturated carbocycles. The molecule has 0 fully saturated rings. The molecule has 0 spiro atoms. The second-order valence-electron chi connectivity index (χ2n) is 5.74. The number of halogens is 4. The van der Waals surface area contributed by atoms with Crippen molar-refractivity contribution in [3.8, 4) is 5.75 Å².